The molecule has 0 saturated heterocycles. The Morgan fingerprint density at radius 2 is 1.65 bits per heavy atom. The van der Waals surface area contributed by atoms with Crippen LogP contribution in [0, 0.1) is 21.4 Å². The van der Waals surface area contributed by atoms with Crippen molar-refractivity contribution in [1.29, 1.82) is 5.26 Å². The molecule has 0 atom stereocenters. The molecule has 0 aromatic heterocycles. The monoisotopic (exact) mass is 406 g/mol. The van der Waals surface area contributed by atoms with Gasteiger partial charge < -0.3 is 4.74 Å². The quantitative estimate of drug-likeness (QED) is 0.161. The highest BCUT2D eigenvalue weighted by atomic mass is 16.6. The zero-order valence-corrected chi connectivity index (χ0v) is 16.6. The smallest absolute Gasteiger partial charge is 0.269 e. The molecule has 0 bridgehead atoms. The summed E-state index contributed by atoms with van der Waals surface area (Å²) in [4.78, 5) is 10.3. The fraction of sp³-hybridized carbons (Fsp3) is 0.0385. The van der Waals surface area contributed by atoms with Gasteiger partial charge in [0.2, 0.25) is 0 Å². The number of hydrogen-bond acceptors (Lipinski definition) is 4. The molecule has 0 heterocycles. The maximum Gasteiger partial charge on any atom is 0.269 e. The van der Waals surface area contributed by atoms with Crippen molar-refractivity contribution in [3.63, 3.8) is 0 Å². The third-order valence-electron chi connectivity index (χ3n) is 4.97. The second-order valence-electron chi connectivity index (χ2n) is 6.97. The Morgan fingerprint density at radius 3 is 2.35 bits per heavy atom. The fourth-order valence-corrected chi connectivity index (χ4v) is 3.35. The lowest BCUT2D eigenvalue weighted by atomic mass is 10.0. The minimum absolute atomic E-state index is 0.00580. The maximum atomic E-state index is 10.8. The number of nitrogens with zero attached hydrogens (tertiary/aromatic N) is 2. The molecule has 0 aliphatic carbocycles. The van der Waals surface area contributed by atoms with E-state index in [1.54, 1.807) is 18.2 Å². The van der Waals surface area contributed by atoms with E-state index in [1.165, 1.54) is 22.9 Å². The van der Waals surface area contributed by atoms with Gasteiger partial charge in [0, 0.05) is 12.1 Å². The number of nitriles is 1. The Hall–Kier alpha value is -4.43. The summed E-state index contributed by atoms with van der Waals surface area (Å²) >= 11 is 0. The van der Waals surface area contributed by atoms with Crippen LogP contribution in [0.5, 0.6) is 5.75 Å². The number of benzene rings is 4. The van der Waals surface area contributed by atoms with E-state index in [-0.39, 0.29) is 5.69 Å². The number of non-ortho nitro benzene ring substituents is 1. The number of ether oxygens (including phenoxy) is 1. The molecule has 0 radical (unpaired) electrons. The second-order valence-corrected chi connectivity index (χ2v) is 6.97. The Morgan fingerprint density at radius 1 is 0.935 bits per heavy atom. The molecule has 4 aromatic rings. The molecule has 0 saturated carbocycles. The van der Waals surface area contributed by atoms with Crippen molar-refractivity contribution in [3.05, 3.63) is 118 Å². The first-order valence-electron chi connectivity index (χ1n) is 9.70. The van der Waals surface area contributed by atoms with Crippen LogP contribution < -0.4 is 4.74 Å². The molecular formula is C26H18N2O3. The van der Waals surface area contributed by atoms with Crippen molar-refractivity contribution >= 4 is 28.1 Å². The summed E-state index contributed by atoms with van der Waals surface area (Å²) in [5, 5.41) is 22.6. The number of fused-ring (bicyclic) bond motifs is 1. The highest BCUT2D eigenvalue weighted by molar-refractivity contribution is 5.89. The molecule has 4 rings (SSSR count). The number of allylic oxidation sites excluding steroid dienone is 1. The summed E-state index contributed by atoms with van der Waals surface area (Å²) in [6, 6.07) is 29.9. The Kier molecular flexibility index (Phi) is 5.72. The zero-order chi connectivity index (χ0) is 21.6. The summed E-state index contributed by atoms with van der Waals surface area (Å²) in [5.41, 5.74) is 3.01. The molecule has 0 fully saturated rings. The number of nitro groups is 1. The van der Waals surface area contributed by atoms with Crippen molar-refractivity contribution in [2.45, 2.75) is 6.61 Å². The molecule has 5 heteroatoms. The van der Waals surface area contributed by atoms with E-state index in [0.29, 0.717) is 17.7 Å². The third-order valence-corrected chi connectivity index (χ3v) is 4.97. The van der Waals surface area contributed by atoms with Crippen molar-refractivity contribution in [1.82, 2.24) is 0 Å². The normalized spacial score (nSPS) is 11.1. The molecule has 0 spiro atoms. The second kappa shape index (κ2) is 8.93. The molecule has 31 heavy (non-hydrogen) atoms. The zero-order valence-electron chi connectivity index (χ0n) is 16.6. The molecule has 0 unspecified atom stereocenters. The number of nitro benzene ring substituents is 1. The van der Waals surface area contributed by atoms with Gasteiger partial charge in [0.05, 0.1) is 16.6 Å². The molecule has 5 nitrogen and oxygen atoms in total. The van der Waals surface area contributed by atoms with Gasteiger partial charge in [0.1, 0.15) is 12.4 Å². The van der Waals surface area contributed by atoms with Crippen LogP contribution in [0.4, 0.5) is 5.69 Å². The summed E-state index contributed by atoms with van der Waals surface area (Å²) in [5.74, 6) is 0.735. The molecule has 0 N–H and O–H groups in total. The highest BCUT2D eigenvalue weighted by Crippen LogP contribution is 2.23. The van der Waals surface area contributed by atoms with Gasteiger partial charge in [-0.1, -0.05) is 54.6 Å². The Labute approximate surface area is 179 Å². The highest BCUT2D eigenvalue weighted by Gasteiger charge is 2.07. The van der Waals surface area contributed by atoms with Crippen LogP contribution in [0.1, 0.15) is 16.7 Å². The summed E-state index contributed by atoms with van der Waals surface area (Å²) in [6.45, 7) is 0.461. The molecule has 0 amide bonds. The van der Waals surface area contributed by atoms with Crippen LogP contribution >= 0.6 is 0 Å². The molecule has 150 valence electrons. The Balaban J connectivity index is 1.48. The number of rotatable bonds is 6. The SMILES string of the molecule is N#C/C(=C\c1ccc(OCc2cccc3ccccc23)cc1)c1ccc([N+](=O)[O-])cc1. The van der Waals surface area contributed by atoms with Crippen LogP contribution in [-0.4, -0.2) is 4.92 Å². The number of hydrogen-bond donors (Lipinski definition) is 0. The standard InChI is InChI=1S/C26H18N2O3/c27-17-23(20-10-12-24(13-11-20)28(29)30)16-19-8-14-25(15-9-19)31-18-22-6-3-5-21-4-1-2-7-26(21)22/h1-16H,18H2/b23-16+. The van der Waals surface area contributed by atoms with Crippen LogP contribution in [0.15, 0.2) is 91.0 Å². The minimum atomic E-state index is -0.462. The third kappa shape index (κ3) is 4.60. The van der Waals surface area contributed by atoms with E-state index in [2.05, 4.69) is 30.3 Å². The summed E-state index contributed by atoms with van der Waals surface area (Å²) in [6.07, 6.45) is 1.75. The average molecular weight is 406 g/mol. The first kappa shape index (κ1) is 19.9. The van der Waals surface area contributed by atoms with E-state index in [9.17, 15) is 15.4 Å². The van der Waals surface area contributed by atoms with Gasteiger partial charge in [-0.15, -0.1) is 0 Å². The van der Waals surface area contributed by atoms with E-state index < -0.39 is 4.92 Å². The van der Waals surface area contributed by atoms with Crippen molar-refractivity contribution in [2.24, 2.45) is 0 Å². The van der Waals surface area contributed by atoms with Crippen molar-refractivity contribution < 1.29 is 9.66 Å². The lowest BCUT2D eigenvalue weighted by molar-refractivity contribution is -0.384. The molecule has 4 aromatic carbocycles. The largest absolute Gasteiger partial charge is 0.489 e. The van der Waals surface area contributed by atoms with Crippen LogP contribution in [0.2, 0.25) is 0 Å². The lowest BCUT2D eigenvalue weighted by Gasteiger charge is -2.09. The fourth-order valence-electron chi connectivity index (χ4n) is 3.35. The Bertz CT molecular complexity index is 1300. The molecular weight excluding hydrogens is 388 g/mol. The van der Waals surface area contributed by atoms with Crippen LogP contribution in [0.25, 0.3) is 22.4 Å². The lowest BCUT2D eigenvalue weighted by Crippen LogP contribution is -1.96. The molecule has 0 aliphatic heterocycles. The van der Waals surface area contributed by atoms with Gasteiger partial charge in [0.25, 0.3) is 5.69 Å². The van der Waals surface area contributed by atoms with Gasteiger partial charge in [-0.2, -0.15) is 5.26 Å². The summed E-state index contributed by atoms with van der Waals surface area (Å²) in [7, 11) is 0. The van der Waals surface area contributed by atoms with Crippen molar-refractivity contribution in [2.75, 3.05) is 0 Å². The van der Waals surface area contributed by atoms with Crippen LogP contribution in [0.3, 0.4) is 0 Å². The maximum absolute atomic E-state index is 10.8. The van der Waals surface area contributed by atoms with Crippen LogP contribution in [-0.2, 0) is 6.61 Å². The summed E-state index contributed by atoms with van der Waals surface area (Å²) < 4.78 is 5.96. The first-order valence-corrected chi connectivity index (χ1v) is 9.70. The average Bonchev–Trinajstić information content (AvgIpc) is 2.82. The van der Waals surface area contributed by atoms with Gasteiger partial charge in [-0.3, -0.25) is 10.1 Å². The van der Waals surface area contributed by atoms with Gasteiger partial charge in [-0.25, -0.2) is 0 Å². The van der Waals surface area contributed by atoms with Gasteiger partial charge >= 0.3 is 0 Å². The minimum Gasteiger partial charge on any atom is -0.489 e. The topological polar surface area (TPSA) is 76.2 Å². The molecule has 0 aliphatic rings. The van der Waals surface area contributed by atoms with Crippen molar-refractivity contribution in [3.8, 4) is 11.8 Å². The van der Waals surface area contributed by atoms with E-state index in [4.69, 9.17) is 4.74 Å². The van der Waals surface area contributed by atoms with E-state index in [0.717, 1.165) is 16.9 Å². The van der Waals surface area contributed by atoms with E-state index >= 15 is 0 Å². The first-order chi connectivity index (χ1) is 15.1. The van der Waals surface area contributed by atoms with Gasteiger partial charge in [-0.05, 0) is 57.8 Å². The predicted octanol–water partition coefficient (Wildman–Crippen LogP) is 6.39. The predicted molar refractivity (Wildman–Crippen MR) is 121 cm³/mol. The van der Waals surface area contributed by atoms with Gasteiger partial charge in [0.15, 0.2) is 0 Å². The van der Waals surface area contributed by atoms with E-state index in [1.807, 2.05) is 42.5 Å².